The van der Waals surface area contributed by atoms with E-state index >= 15 is 0 Å². The predicted octanol–water partition coefficient (Wildman–Crippen LogP) is 20.2. The summed E-state index contributed by atoms with van der Waals surface area (Å²) in [5.41, 5.74) is 29.0. The summed E-state index contributed by atoms with van der Waals surface area (Å²) in [7, 11) is 0. The average molecular weight is 1000 g/mol. The van der Waals surface area contributed by atoms with E-state index < -0.39 is 0 Å². The molecule has 0 bridgehead atoms. The molecule has 77 heavy (non-hydrogen) atoms. The van der Waals surface area contributed by atoms with Gasteiger partial charge in [-0.1, -0.05) is 200 Å². The summed E-state index contributed by atoms with van der Waals surface area (Å²) in [4.78, 5) is 5.09. The van der Waals surface area contributed by atoms with Gasteiger partial charge in [0.1, 0.15) is 0 Å². The molecule has 3 nitrogen and oxygen atoms in total. The molecule has 0 radical (unpaired) electrons. The van der Waals surface area contributed by atoms with Crippen molar-refractivity contribution in [2.75, 3.05) is 9.80 Å². The van der Waals surface area contributed by atoms with Crippen molar-refractivity contribution in [1.82, 2.24) is 4.57 Å². The van der Waals surface area contributed by atoms with Gasteiger partial charge in [0, 0.05) is 66.6 Å². The monoisotopic (exact) mass is 1000 g/mol. The van der Waals surface area contributed by atoms with Crippen LogP contribution in [0, 0.1) is 0 Å². The minimum atomic E-state index is -0.307. The number of nitrogens with zero attached hydrogens (tertiary/aromatic N) is 3. The standard InChI is InChI=1S/C74H71N3/c1-69(2,3)44-26-30-46(31-27-44)75(48-35-37-60-55(38-48)53-21-16-18-23-59(53)71(60,7)8)50-39-56-57-40-51(43-65-67(57)77-66(56)64(42-50)73(11,12)61-24-19-25-62(68(61)77)74(65,13)14)76(47-32-28-45(29-33-47)70(4,5)6)49-34-36-54-52-20-15-17-22-58(52)72(9,10)63(54)41-49/h15-43H,1-14H3. The molecule has 382 valence electrons. The van der Waals surface area contributed by atoms with Crippen LogP contribution in [0.3, 0.4) is 0 Å². The van der Waals surface area contributed by atoms with E-state index in [1.165, 1.54) is 105 Å². The summed E-state index contributed by atoms with van der Waals surface area (Å²) < 4.78 is 2.68. The smallest absolute Gasteiger partial charge is 0.0583 e. The lowest BCUT2D eigenvalue weighted by molar-refractivity contribution is 0.590. The number of hydrogen-bond donors (Lipinski definition) is 0. The van der Waals surface area contributed by atoms with Crippen LogP contribution < -0.4 is 9.80 Å². The zero-order valence-corrected chi connectivity index (χ0v) is 47.6. The van der Waals surface area contributed by atoms with Gasteiger partial charge in [-0.25, -0.2) is 0 Å². The molecule has 3 heterocycles. The second-order valence-corrected chi connectivity index (χ2v) is 27.1. The first-order valence-corrected chi connectivity index (χ1v) is 28.1. The summed E-state index contributed by atoms with van der Waals surface area (Å²) >= 11 is 0. The Morgan fingerprint density at radius 2 is 0.662 bits per heavy atom. The molecule has 9 aromatic carbocycles. The number of anilines is 6. The Morgan fingerprint density at radius 3 is 1.16 bits per heavy atom. The lowest BCUT2D eigenvalue weighted by Gasteiger charge is -2.42. The van der Waals surface area contributed by atoms with Gasteiger partial charge in [-0.05, 0) is 162 Å². The summed E-state index contributed by atoms with van der Waals surface area (Å²) in [6, 6.07) is 68.6. The van der Waals surface area contributed by atoms with E-state index in [0.29, 0.717) is 0 Å². The van der Waals surface area contributed by atoms with Crippen LogP contribution in [0.4, 0.5) is 34.1 Å². The Labute approximate surface area is 456 Å². The molecular formula is C74H71N3. The van der Waals surface area contributed by atoms with Crippen LogP contribution in [0.25, 0.3) is 49.7 Å². The van der Waals surface area contributed by atoms with Gasteiger partial charge >= 0.3 is 0 Å². The van der Waals surface area contributed by atoms with E-state index in [1.807, 2.05) is 0 Å². The van der Waals surface area contributed by atoms with Crippen molar-refractivity contribution in [3.05, 3.63) is 232 Å². The van der Waals surface area contributed by atoms with Crippen molar-refractivity contribution in [2.45, 2.75) is 129 Å². The van der Waals surface area contributed by atoms with Gasteiger partial charge in [0.05, 0.1) is 16.7 Å². The lowest BCUT2D eigenvalue weighted by atomic mass is 9.68. The summed E-state index contributed by atoms with van der Waals surface area (Å²) in [6.45, 7) is 33.2. The Bertz CT molecular complexity index is 4160. The Hall–Kier alpha value is -7.62. The molecule has 0 spiro atoms. The normalized spacial score (nSPS) is 16.3. The number of fused-ring (bicyclic) bond motifs is 7. The van der Waals surface area contributed by atoms with E-state index in [2.05, 4.69) is 287 Å². The Balaban J connectivity index is 1.06. The van der Waals surface area contributed by atoms with E-state index in [9.17, 15) is 0 Å². The van der Waals surface area contributed by atoms with Crippen LogP contribution >= 0.6 is 0 Å². The quantitative estimate of drug-likeness (QED) is 0.164. The molecule has 14 rings (SSSR count). The molecule has 0 fully saturated rings. The highest BCUT2D eigenvalue weighted by atomic mass is 15.2. The predicted molar refractivity (Wildman–Crippen MR) is 327 cm³/mol. The fraction of sp³-hybridized carbons (Fsp3) is 0.270. The molecule has 3 heteroatoms. The number of rotatable bonds is 6. The molecular weight excluding hydrogens is 931 g/mol. The molecule has 4 aliphatic rings. The highest BCUT2D eigenvalue weighted by Crippen LogP contribution is 2.59. The second-order valence-electron chi connectivity index (χ2n) is 27.1. The maximum Gasteiger partial charge on any atom is 0.0583 e. The third kappa shape index (κ3) is 6.56. The van der Waals surface area contributed by atoms with E-state index in [-0.39, 0.29) is 32.5 Å². The molecule has 0 saturated heterocycles. The van der Waals surface area contributed by atoms with Crippen molar-refractivity contribution >= 4 is 55.9 Å². The van der Waals surface area contributed by atoms with Crippen LogP contribution in [0.2, 0.25) is 0 Å². The zero-order valence-electron chi connectivity index (χ0n) is 47.6. The van der Waals surface area contributed by atoms with E-state index in [1.54, 1.807) is 0 Å². The Morgan fingerprint density at radius 1 is 0.299 bits per heavy atom. The largest absolute Gasteiger partial charge is 0.310 e. The zero-order chi connectivity index (χ0) is 53.7. The van der Waals surface area contributed by atoms with Crippen LogP contribution in [-0.4, -0.2) is 4.57 Å². The average Bonchev–Trinajstić information content (AvgIpc) is 3.96. The molecule has 10 aromatic rings. The minimum Gasteiger partial charge on any atom is -0.310 e. The molecule has 0 unspecified atom stereocenters. The first kappa shape index (κ1) is 47.8. The maximum absolute atomic E-state index is 2.68. The summed E-state index contributed by atoms with van der Waals surface area (Å²) in [5.74, 6) is 0. The van der Waals surface area contributed by atoms with Gasteiger partial charge < -0.3 is 14.4 Å². The lowest BCUT2D eigenvalue weighted by Crippen LogP contribution is -2.33. The van der Waals surface area contributed by atoms with Gasteiger partial charge in [-0.15, -0.1) is 0 Å². The molecule has 0 atom stereocenters. The number of benzene rings is 9. The van der Waals surface area contributed by atoms with E-state index in [4.69, 9.17) is 0 Å². The van der Waals surface area contributed by atoms with Gasteiger partial charge in [0.25, 0.3) is 0 Å². The van der Waals surface area contributed by atoms with Gasteiger partial charge in [0.2, 0.25) is 0 Å². The highest BCUT2D eigenvalue weighted by Gasteiger charge is 2.45. The molecule has 2 aliphatic heterocycles. The van der Waals surface area contributed by atoms with Crippen molar-refractivity contribution < 1.29 is 0 Å². The van der Waals surface area contributed by atoms with Crippen LogP contribution in [0.1, 0.15) is 153 Å². The van der Waals surface area contributed by atoms with Crippen molar-refractivity contribution in [2.24, 2.45) is 0 Å². The maximum atomic E-state index is 2.68. The summed E-state index contributed by atoms with van der Waals surface area (Å²) in [6.07, 6.45) is 0. The van der Waals surface area contributed by atoms with Crippen molar-refractivity contribution in [3.8, 4) is 27.9 Å². The SMILES string of the molecule is CC(C)(C)c1ccc(N(c2ccc3c(c2)-c2ccccc2C3(C)C)c2cc3c4c(c2)c2cc(N(c5ccc(C(C)(C)C)cc5)c5ccc6c(c5)C(C)(C)c5ccccc5-6)cc5c2n4-c2c(cccc2C5(C)C)C3(C)C)cc1. The van der Waals surface area contributed by atoms with E-state index in [0.717, 1.165) is 34.1 Å². The fourth-order valence-corrected chi connectivity index (χ4v) is 14.6. The summed E-state index contributed by atoms with van der Waals surface area (Å²) in [5, 5.41) is 2.55. The molecule has 0 N–H and O–H groups in total. The van der Waals surface area contributed by atoms with Gasteiger partial charge in [0.15, 0.2) is 0 Å². The first-order valence-electron chi connectivity index (χ1n) is 28.1. The highest BCUT2D eigenvalue weighted by molar-refractivity contribution is 6.16. The second kappa shape index (κ2) is 15.5. The van der Waals surface area contributed by atoms with Crippen molar-refractivity contribution in [1.29, 1.82) is 0 Å². The molecule has 0 saturated carbocycles. The van der Waals surface area contributed by atoms with Crippen LogP contribution in [0.5, 0.6) is 0 Å². The Kier molecular flexibility index (Phi) is 9.64. The van der Waals surface area contributed by atoms with Gasteiger partial charge in [-0.2, -0.15) is 0 Å². The molecule has 2 aliphatic carbocycles. The van der Waals surface area contributed by atoms with Crippen LogP contribution in [-0.2, 0) is 32.5 Å². The van der Waals surface area contributed by atoms with Gasteiger partial charge in [-0.3, -0.25) is 0 Å². The molecule has 1 aromatic heterocycles. The number of hydrogen-bond acceptors (Lipinski definition) is 2. The van der Waals surface area contributed by atoms with Crippen molar-refractivity contribution in [3.63, 3.8) is 0 Å². The minimum absolute atomic E-state index is 0.0202. The fourth-order valence-electron chi connectivity index (χ4n) is 14.6. The third-order valence-corrected chi connectivity index (χ3v) is 19.0. The topological polar surface area (TPSA) is 11.4 Å². The molecule has 0 amide bonds. The first-order chi connectivity index (χ1) is 36.5. The van der Waals surface area contributed by atoms with Crippen LogP contribution in [0.15, 0.2) is 176 Å². The number of aromatic nitrogens is 1. The number of para-hydroxylation sites is 1. The third-order valence-electron chi connectivity index (χ3n) is 19.0.